The molecule has 46 heavy (non-hydrogen) atoms. The summed E-state index contributed by atoms with van der Waals surface area (Å²) in [5.41, 5.74) is 5.64. The van der Waals surface area contributed by atoms with Crippen LogP contribution in [0.15, 0.2) is 130 Å². The molecular formula is C38H34N6O2. The van der Waals surface area contributed by atoms with Gasteiger partial charge in [0, 0.05) is 50.7 Å². The Morgan fingerprint density at radius 2 is 0.848 bits per heavy atom. The van der Waals surface area contributed by atoms with E-state index in [2.05, 4.69) is 0 Å². The first-order chi connectivity index (χ1) is 22.1. The highest BCUT2D eigenvalue weighted by molar-refractivity contribution is 5.61. The lowest BCUT2D eigenvalue weighted by Crippen LogP contribution is -2.07. The number of anilines is 2. The highest BCUT2D eigenvalue weighted by Crippen LogP contribution is 2.24. The fourth-order valence-corrected chi connectivity index (χ4v) is 4.20. The Morgan fingerprint density at radius 3 is 1.13 bits per heavy atom. The molecule has 8 nitrogen and oxygen atoms in total. The summed E-state index contributed by atoms with van der Waals surface area (Å²) in [6.45, 7) is 3.58. The number of nitrogens with zero attached hydrogens (tertiary/aromatic N) is 6. The predicted molar refractivity (Wildman–Crippen MR) is 182 cm³/mol. The van der Waals surface area contributed by atoms with Crippen LogP contribution in [0.5, 0.6) is 0 Å². The Labute approximate surface area is 271 Å². The SMILES string of the molecule is CC1=CC(=C(C#N)C#N)C=C(C=Cc2ccc(N(C)C)cc2)O1.CC1=CC(=C(C#N)C#N)C=C(C=Cc2ccc(N(C)C)cc2)O1. The van der Waals surface area contributed by atoms with E-state index in [-0.39, 0.29) is 11.1 Å². The molecule has 0 amide bonds. The van der Waals surface area contributed by atoms with Crippen LogP contribution in [-0.4, -0.2) is 28.2 Å². The molecule has 0 saturated carbocycles. The fraction of sp³-hybridized carbons (Fsp3) is 0.158. The van der Waals surface area contributed by atoms with Gasteiger partial charge in [-0.1, -0.05) is 36.4 Å². The molecule has 2 aromatic rings. The number of nitriles is 4. The number of rotatable bonds is 6. The van der Waals surface area contributed by atoms with Gasteiger partial charge in [0.25, 0.3) is 0 Å². The van der Waals surface area contributed by atoms with Gasteiger partial charge in [-0.2, -0.15) is 21.0 Å². The van der Waals surface area contributed by atoms with E-state index in [0.29, 0.717) is 34.2 Å². The lowest BCUT2D eigenvalue weighted by molar-refractivity contribution is 0.318. The second-order valence-electron chi connectivity index (χ2n) is 10.6. The summed E-state index contributed by atoms with van der Waals surface area (Å²) in [6, 6.07) is 23.8. The summed E-state index contributed by atoms with van der Waals surface area (Å²) < 4.78 is 11.2. The van der Waals surface area contributed by atoms with Gasteiger partial charge >= 0.3 is 0 Å². The highest BCUT2D eigenvalue weighted by atomic mass is 16.5. The number of allylic oxidation sites excluding steroid dienone is 12. The van der Waals surface area contributed by atoms with E-state index < -0.39 is 0 Å². The smallest absolute Gasteiger partial charge is 0.137 e. The molecule has 0 atom stereocenters. The maximum Gasteiger partial charge on any atom is 0.137 e. The number of hydrogen-bond acceptors (Lipinski definition) is 8. The van der Waals surface area contributed by atoms with Crippen LogP contribution in [0, 0.1) is 45.3 Å². The van der Waals surface area contributed by atoms with Gasteiger partial charge in [0.2, 0.25) is 0 Å². The molecule has 0 unspecified atom stereocenters. The Hall–Kier alpha value is -6.48. The molecule has 2 aliphatic rings. The summed E-state index contributed by atoms with van der Waals surface area (Å²) in [5, 5.41) is 35.9. The summed E-state index contributed by atoms with van der Waals surface area (Å²) in [5.74, 6) is 2.49. The average molecular weight is 607 g/mol. The standard InChI is InChI=1S/2C19H17N3O/c2*1-14-10-16(17(12-20)13-21)11-19(23-14)9-6-15-4-7-18(8-5-15)22(2)3/h2*4-11H,1-3H3. The molecule has 0 aromatic heterocycles. The van der Waals surface area contributed by atoms with Gasteiger partial charge < -0.3 is 19.3 Å². The largest absolute Gasteiger partial charge is 0.462 e. The lowest BCUT2D eigenvalue weighted by Gasteiger charge is -2.13. The molecule has 0 N–H and O–H groups in total. The van der Waals surface area contributed by atoms with Crippen LogP contribution >= 0.6 is 0 Å². The summed E-state index contributed by atoms with van der Waals surface area (Å²) in [4.78, 5) is 4.08. The molecule has 2 aromatic carbocycles. The van der Waals surface area contributed by atoms with Gasteiger partial charge in [0.1, 0.15) is 58.5 Å². The van der Waals surface area contributed by atoms with E-state index in [0.717, 1.165) is 22.5 Å². The van der Waals surface area contributed by atoms with E-state index >= 15 is 0 Å². The van der Waals surface area contributed by atoms with Crippen molar-refractivity contribution >= 4 is 23.5 Å². The molecule has 4 rings (SSSR count). The summed E-state index contributed by atoms with van der Waals surface area (Å²) in [7, 11) is 7.99. The Bertz CT molecular complexity index is 1700. The van der Waals surface area contributed by atoms with E-state index in [1.165, 1.54) is 0 Å². The first-order valence-electron chi connectivity index (χ1n) is 14.2. The molecule has 0 fully saturated rings. The van der Waals surface area contributed by atoms with Crippen molar-refractivity contribution in [1.29, 1.82) is 21.0 Å². The van der Waals surface area contributed by atoms with Crippen LogP contribution in [0.1, 0.15) is 25.0 Å². The van der Waals surface area contributed by atoms with E-state index in [9.17, 15) is 0 Å². The third-order valence-electron chi connectivity index (χ3n) is 6.59. The molecule has 2 heterocycles. The molecule has 2 aliphatic heterocycles. The van der Waals surface area contributed by atoms with Crippen LogP contribution in [0.2, 0.25) is 0 Å². The van der Waals surface area contributed by atoms with Crippen LogP contribution in [0.25, 0.3) is 12.2 Å². The van der Waals surface area contributed by atoms with Gasteiger partial charge in [0.05, 0.1) is 0 Å². The highest BCUT2D eigenvalue weighted by Gasteiger charge is 2.11. The third-order valence-corrected chi connectivity index (χ3v) is 6.59. The molecule has 0 saturated heterocycles. The summed E-state index contributed by atoms with van der Waals surface area (Å²) >= 11 is 0. The van der Waals surface area contributed by atoms with Crippen molar-refractivity contribution in [2.75, 3.05) is 38.0 Å². The van der Waals surface area contributed by atoms with Gasteiger partial charge in [-0.15, -0.1) is 0 Å². The quantitative estimate of drug-likeness (QED) is 0.305. The van der Waals surface area contributed by atoms with Crippen molar-refractivity contribution < 1.29 is 9.47 Å². The Morgan fingerprint density at radius 1 is 0.522 bits per heavy atom. The van der Waals surface area contributed by atoms with Crippen molar-refractivity contribution in [1.82, 2.24) is 0 Å². The van der Waals surface area contributed by atoms with Crippen molar-refractivity contribution in [3.63, 3.8) is 0 Å². The Balaban J connectivity index is 0.000000250. The monoisotopic (exact) mass is 606 g/mol. The van der Waals surface area contributed by atoms with Crippen LogP contribution < -0.4 is 9.80 Å². The second kappa shape index (κ2) is 16.4. The van der Waals surface area contributed by atoms with Crippen LogP contribution in [-0.2, 0) is 9.47 Å². The molecule has 8 heteroatoms. The predicted octanol–water partition coefficient (Wildman–Crippen LogP) is 7.85. The lowest BCUT2D eigenvalue weighted by atomic mass is 10.1. The maximum absolute atomic E-state index is 8.98. The molecule has 0 spiro atoms. The minimum absolute atomic E-state index is 0.0777. The van der Waals surface area contributed by atoms with Gasteiger partial charge in [-0.05, 0) is 85.7 Å². The van der Waals surface area contributed by atoms with Crippen molar-refractivity contribution in [2.24, 2.45) is 0 Å². The minimum atomic E-state index is 0.0777. The third kappa shape index (κ3) is 9.78. The maximum atomic E-state index is 8.98. The molecule has 228 valence electrons. The molecular weight excluding hydrogens is 572 g/mol. The average Bonchev–Trinajstić information content (AvgIpc) is 3.04. The fourth-order valence-electron chi connectivity index (χ4n) is 4.20. The zero-order valence-electron chi connectivity index (χ0n) is 26.7. The van der Waals surface area contributed by atoms with Crippen LogP contribution in [0.3, 0.4) is 0 Å². The molecule has 0 radical (unpaired) electrons. The van der Waals surface area contributed by atoms with Crippen molar-refractivity contribution in [2.45, 2.75) is 13.8 Å². The second-order valence-corrected chi connectivity index (χ2v) is 10.6. The van der Waals surface area contributed by atoms with Gasteiger partial charge in [-0.3, -0.25) is 0 Å². The number of benzene rings is 2. The normalized spacial score (nSPS) is 13.5. The first kappa shape index (κ1) is 34.0. The van der Waals surface area contributed by atoms with E-state index in [1.54, 1.807) is 38.2 Å². The Kier molecular flexibility index (Phi) is 12.1. The van der Waals surface area contributed by atoms with Crippen LogP contribution in [0.4, 0.5) is 11.4 Å². The van der Waals surface area contributed by atoms with Crippen molar-refractivity contribution in [3.8, 4) is 24.3 Å². The van der Waals surface area contributed by atoms with Crippen molar-refractivity contribution in [3.05, 3.63) is 141 Å². The topological polar surface area (TPSA) is 120 Å². The zero-order valence-corrected chi connectivity index (χ0v) is 26.7. The van der Waals surface area contributed by atoms with E-state index in [4.69, 9.17) is 30.5 Å². The summed E-state index contributed by atoms with van der Waals surface area (Å²) in [6.07, 6.45) is 14.3. The van der Waals surface area contributed by atoms with Gasteiger partial charge in [-0.25, -0.2) is 0 Å². The molecule has 0 bridgehead atoms. The number of hydrogen-bond donors (Lipinski definition) is 0. The minimum Gasteiger partial charge on any atom is -0.462 e. The first-order valence-corrected chi connectivity index (χ1v) is 14.2. The van der Waals surface area contributed by atoms with E-state index in [1.807, 2.05) is 135 Å². The molecule has 0 aliphatic carbocycles. The number of ether oxygens (including phenoxy) is 2. The van der Waals surface area contributed by atoms with Gasteiger partial charge in [0.15, 0.2) is 0 Å². The zero-order chi connectivity index (χ0) is 33.6.